The van der Waals surface area contributed by atoms with Gasteiger partial charge < -0.3 is 14.9 Å². The maximum atomic E-state index is 11.7. The van der Waals surface area contributed by atoms with Crippen LogP contribution in [0.3, 0.4) is 0 Å². The lowest BCUT2D eigenvalue weighted by Gasteiger charge is -2.20. The molecule has 88 valence electrons. The lowest BCUT2D eigenvalue weighted by Crippen LogP contribution is -2.34. The van der Waals surface area contributed by atoms with Crippen LogP contribution in [-0.2, 0) is 4.79 Å². The molecule has 1 aliphatic rings. The van der Waals surface area contributed by atoms with E-state index < -0.39 is 0 Å². The lowest BCUT2D eigenvalue weighted by atomic mass is 10.2. The summed E-state index contributed by atoms with van der Waals surface area (Å²) in [6.45, 7) is 3.42. The highest BCUT2D eigenvalue weighted by molar-refractivity contribution is 5.76. The average molecular weight is 214 g/mol. The number of hydrogen-bond acceptors (Lipinski definition) is 3. The Balaban J connectivity index is 2.30. The Hall–Kier alpha value is -0.610. The summed E-state index contributed by atoms with van der Waals surface area (Å²) in [5.74, 6) is 0.181. The Morgan fingerprint density at radius 3 is 2.73 bits per heavy atom. The van der Waals surface area contributed by atoms with E-state index in [9.17, 15) is 4.79 Å². The van der Waals surface area contributed by atoms with Crippen LogP contribution < -0.4 is 0 Å². The number of rotatable bonds is 4. The van der Waals surface area contributed by atoms with E-state index in [2.05, 4.69) is 19.0 Å². The van der Waals surface area contributed by atoms with Crippen molar-refractivity contribution < 1.29 is 9.90 Å². The molecule has 1 fully saturated rings. The third-order valence-electron chi connectivity index (χ3n) is 3.02. The fourth-order valence-corrected chi connectivity index (χ4v) is 1.88. The van der Waals surface area contributed by atoms with Gasteiger partial charge in [0.05, 0.1) is 6.10 Å². The SMILES string of the molecule is CC(O)CCC(=O)N1CCC(N(C)C)C1. The standard InChI is InChI=1S/C11H22N2O2/c1-9(14)4-5-11(15)13-7-6-10(8-13)12(2)3/h9-10,14H,4-8H2,1-3H3. The topological polar surface area (TPSA) is 43.8 Å². The molecule has 0 radical (unpaired) electrons. The summed E-state index contributed by atoms with van der Waals surface area (Å²) >= 11 is 0. The number of likely N-dealkylation sites (N-methyl/N-ethyl adjacent to an activating group) is 1. The minimum absolute atomic E-state index is 0.181. The van der Waals surface area contributed by atoms with Crippen molar-refractivity contribution in [3.8, 4) is 0 Å². The lowest BCUT2D eigenvalue weighted by molar-refractivity contribution is -0.130. The number of aliphatic hydroxyl groups is 1. The largest absolute Gasteiger partial charge is 0.393 e. The highest BCUT2D eigenvalue weighted by Crippen LogP contribution is 2.14. The first kappa shape index (κ1) is 12.5. The van der Waals surface area contributed by atoms with Gasteiger partial charge in [0.25, 0.3) is 0 Å². The normalized spacial score (nSPS) is 23.5. The summed E-state index contributed by atoms with van der Waals surface area (Å²) < 4.78 is 0. The van der Waals surface area contributed by atoms with Crippen molar-refractivity contribution in [3.63, 3.8) is 0 Å². The molecule has 1 rings (SSSR count). The molecule has 0 aromatic heterocycles. The molecule has 1 N–H and O–H groups in total. The molecule has 1 heterocycles. The highest BCUT2D eigenvalue weighted by Gasteiger charge is 2.26. The van der Waals surface area contributed by atoms with Crippen LogP contribution in [-0.4, -0.2) is 60.1 Å². The van der Waals surface area contributed by atoms with Crippen molar-refractivity contribution in [2.45, 2.75) is 38.3 Å². The predicted molar refractivity (Wildman–Crippen MR) is 59.6 cm³/mol. The van der Waals surface area contributed by atoms with Gasteiger partial charge in [-0.2, -0.15) is 0 Å². The van der Waals surface area contributed by atoms with E-state index in [0.29, 0.717) is 18.9 Å². The van der Waals surface area contributed by atoms with Gasteiger partial charge in [0.15, 0.2) is 0 Å². The number of nitrogens with zero attached hydrogens (tertiary/aromatic N) is 2. The molecule has 0 aromatic carbocycles. The van der Waals surface area contributed by atoms with E-state index in [-0.39, 0.29) is 12.0 Å². The Kier molecular flexibility index (Phi) is 4.54. The van der Waals surface area contributed by atoms with Gasteiger partial charge in [0.2, 0.25) is 5.91 Å². The second-order valence-corrected chi connectivity index (χ2v) is 4.63. The summed E-state index contributed by atoms with van der Waals surface area (Å²) in [6, 6.07) is 0.500. The zero-order valence-electron chi connectivity index (χ0n) is 9.94. The molecule has 0 spiro atoms. The van der Waals surface area contributed by atoms with Gasteiger partial charge >= 0.3 is 0 Å². The Morgan fingerprint density at radius 1 is 1.60 bits per heavy atom. The minimum Gasteiger partial charge on any atom is -0.393 e. The molecule has 1 saturated heterocycles. The first-order valence-corrected chi connectivity index (χ1v) is 5.63. The fourth-order valence-electron chi connectivity index (χ4n) is 1.88. The smallest absolute Gasteiger partial charge is 0.222 e. The van der Waals surface area contributed by atoms with Crippen molar-refractivity contribution in [2.24, 2.45) is 0 Å². The Labute approximate surface area is 91.9 Å². The number of hydrogen-bond donors (Lipinski definition) is 1. The molecular formula is C11H22N2O2. The van der Waals surface area contributed by atoms with Crippen molar-refractivity contribution in [3.05, 3.63) is 0 Å². The molecule has 15 heavy (non-hydrogen) atoms. The Morgan fingerprint density at radius 2 is 2.27 bits per heavy atom. The quantitative estimate of drug-likeness (QED) is 0.732. The summed E-state index contributed by atoms with van der Waals surface area (Å²) in [5.41, 5.74) is 0. The number of carbonyl (C=O) groups is 1. The number of likely N-dealkylation sites (tertiary alicyclic amines) is 1. The molecule has 0 aliphatic carbocycles. The molecule has 0 aromatic rings. The van der Waals surface area contributed by atoms with E-state index in [1.165, 1.54) is 0 Å². The zero-order chi connectivity index (χ0) is 11.4. The fraction of sp³-hybridized carbons (Fsp3) is 0.909. The summed E-state index contributed by atoms with van der Waals surface area (Å²) in [6.07, 6.45) is 1.73. The van der Waals surface area contributed by atoms with Gasteiger partial charge in [-0.1, -0.05) is 0 Å². The van der Waals surface area contributed by atoms with E-state index >= 15 is 0 Å². The zero-order valence-corrected chi connectivity index (χ0v) is 9.94. The van der Waals surface area contributed by atoms with Crippen LogP contribution in [0.15, 0.2) is 0 Å². The minimum atomic E-state index is -0.374. The van der Waals surface area contributed by atoms with Crippen molar-refractivity contribution >= 4 is 5.91 Å². The maximum Gasteiger partial charge on any atom is 0.222 e. The van der Waals surface area contributed by atoms with Crippen molar-refractivity contribution in [1.82, 2.24) is 9.80 Å². The van der Waals surface area contributed by atoms with Crippen LogP contribution in [0.2, 0.25) is 0 Å². The first-order valence-electron chi connectivity index (χ1n) is 5.63. The van der Waals surface area contributed by atoms with Gasteiger partial charge in [-0.15, -0.1) is 0 Å². The van der Waals surface area contributed by atoms with E-state index in [4.69, 9.17) is 5.11 Å². The second-order valence-electron chi connectivity index (χ2n) is 4.63. The molecule has 0 saturated carbocycles. The number of carbonyl (C=O) groups excluding carboxylic acids is 1. The molecule has 1 aliphatic heterocycles. The van der Waals surface area contributed by atoms with Crippen LogP contribution in [0.4, 0.5) is 0 Å². The molecule has 4 heteroatoms. The van der Waals surface area contributed by atoms with Gasteiger partial charge in [-0.3, -0.25) is 4.79 Å². The van der Waals surface area contributed by atoms with Gasteiger partial charge in [-0.25, -0.2) is 0 Å². The van der Waals surface area contributed by atoms with Crippen LogP contribution >= 0.6 is 0 Å². The van der Waals surface area contributed by atoms with Crippen molar-refractivity contribution in [1.29, 1.82) is 0 Å². The van der Waals surface area contributed by atoms with Gasteiger partial charge in [0.1, 0.15) is 0 Å². The maximum absolute atomic E-state index is 11.7. The third-order valence-corrected chi connectivity index (χ3v) is 3.02. The number of amides is 1. The average Bonchev–Trinajstić information content (AvgIpc) is 2.62. The van der Waals surface area contributed by atoms with Crippen LogP contribution in [0.1, 0.15) is 26.2 Å². The predicted octanol–water partition coefficient (Wildman–Crippen LogP) is 0.310. The van der Waals surface area contributed by atoms with Crippen LogP contribution in [0, 0.1) is 0 Å². The second kappa shape index (κ2) is 5.47. The summed E-state index contributed by atoms with van der Waals surface area (Å²) in [4.78, 5) is 15.8. The summed E-state index contributed by atoms with van der Waals surface area (Å²) in [7, 11) is 4.10. The first-order chi connectivity index (χ1) is 7.00. The van der Waals surface area contributed by atoms with Crippen LogP contribution in [0.5, 0.6) is 0 Å². The van der Waals surface area contributed by atoms with Crippen molar-refractivity contribution in [2.75, 3.05) is 27.2 Å². The molecular weight excluding hydrogens is 192 g/mol. The Bertz CT molecular complexity index is 217. The van der Waals surface area contributed by atoms with E-state index in [1.54, 1.807) is 6.92 Å². The number of aliphatic hydroxyl groups excluding tert-OH is 1. The molecule has 2 unspecified atom stereocenters. The van der Waals surface area contributed by atoms with Gasteiger partial charge in [-0.05, 0) is 33.9 Å². The summed E-state index contributed by atoms with van der Waals surface area (Å²) in [5, 5.41) is 9.11. The van der Waals surface area contributed by atoms with E-state index in [0.717, 1.165) is 19.5 Å². The molecule has 0 bridgehead atoms. The third kappa shape index (κ3) is 3.80. The van der Waals surface area contributed by atoms with Crippen LogP contribution in [0.25, 0.3) is 0 Å². The van der Waals surface area contributed by atoms with E-state index in [1.807, 2.05) is 4.90 Å². The van der Waals surface area contributed by atoms with Gasteiger partial charge in [0, 0.05) is 25.6 Å². The molecule has 4 nitrogen and oxygen atoms in total. The highest BCUT2D eigenvalue weighted by atomic mass is 16.3. The molecule has 2 atom stereocenters. The molecule has 1 amide bonds. The monoisotopic (exact) mass is 214 g/mol.